The number of hydrogen-bond donors (Lipinski definition) is 6. The van der Waals surface area contributed by atoms with Crippen LogP contribution in [0.25, 0.3) is 0 Å². The van der Waals surface area contributed by atoms with Gasteiger partial charge in [-0.15, -0.1) is 0 Å². The van der Waals surface area contributed by atoms with Gasteiger partial charge in [0, 0.05) is 6.54 Å². The Bertz CT molecular complexity index is 109. The molecule has 0 aliphatic carbocycles. The molecule has 0 aliphatic heterocycles. The molecule has 12 heavy (non-hydrogen) atoms. The lowest BCUT2D eigenvalue weighted by atomic mass is 10.0. The summed E-state index contributed by atoms with van der Waals surface area (Å²) in [5.41, 5.74) is 4.99. The summed E-state index contributed by atoms with van der Waals surface area (Å²) in [5, 5.41) is 44.2. The second kappa shape index (κ2) is 5.41. The van der Waals surface area contributed by atoms with Gasteiger partial charge in [0.1, 0.15) is 18.3 Å². The molecule has 0 rings (SSSR count). The third-order valence-electron chi connectivity index (χ3n) is 1.57. The fourth-order valence-electron chi connectivity index (χ4n) is 0.703. The molecule has 4 atom stereocenters. The molecule has 0 heterocycles. The first kappa shape index (κ1) is 11.8. The van der Waals surface area contributed by atoms with Crippen LogP contribution in [0.4, 0.5) is 0 Å². The summed E-state index contributed by atoms with van der Waals surface area (Å²) < 4.78 is 0. The molecule has 7 N–H and O–H groups in total. The van der Waals surface area contributed by atoms with E-state index in [9.17, 15) is 0 Å². The summed E-state index contributed by atoms with van der Waals surface area (Å²) in [6.45, 7) is -0.911. The van der Waals surface area contributed by atoms with E-state index in [1.807, 2.05) is 0 Å². The van der Waals surface area contributed by atoms with E-state index in [0.717, 1.165) is 0 Å². The van der Waals surface area contributed by atoms with Crippen molar-refractivity contribution < 1.29 is 25.5 Å². The van der Waals surface area contributed by atoms with Crippen LogP contribution < -0.4 is 5.73 Å². The van der Waals surface area contributed by atoms with Crippen molar-refractivity contribution >= 4 is 0 Å². The van der Waals surface area contributed by atoms with Crippen LogP contribution in [-0.4, -0.2) is 63.1 Å². The fraction of sp³-hybridized carbons (Fsp3) is 1.00. The molecule has 0 saturated heterocycles. The highest BCUT2D eigenvalue weighted by Crippen LogP contribution is 2.03. The van der Waals surface area contributed by atoms with Gasteiger partial charge in [0.2, 0.25) is 0 Å². The third-order valence-corrected chi connectivity index (χ3v) is 1.57. The molecule has 1 unspecified atom stereocenters. The highest BCUT2D eigenvalue weighted by atomic mass is 16.4. The van der Waals surface area contributed by atoms with Gasteiger partial charge in [-0.2, -0.15) is 0 Å². The van der Waals surface area contributed by atoms with Crippen LogP contribution in [-0.2, 0) is 0 Å². The molecule has 0 amide bonds. The zero-order valence-corrected chi connectivity index (χ0v) is 6.54. The van der Waals surface area contributed by atoms with Crippen LogP contribution in [0.1, 0.15) is 0 Å². The van der Waals surface area contributed by atoms with E-state index in [-0.39, 0.29) is 6.54 Å². The van der Waals surface area contributed by atoms with Crippen molar-refractivity contribution in [2.24, 2.45) is 5.73 Å². The van der Waals surface area contributed by atoms with Crippen molar-refractivity contribution in [3.8, 4) is 0 Å². The molecule has 0 bridgehead atoms. The average Bonchev–Trinajstić information content (AvgIpc) is 2.12. The van der Waals surface area contributed by atoms with Crippen molar-refractivity contribution in [1.29, 1.82) is 0 Å². The van der Waals surface area contributed by atoms with Crippen LogP contribution in [0.2, 0.25) is 0 Å². The summed E-state index contributed by atoms with van der Waals surface area (Å²) in [4.78, 5) is 0. The minimum Gasteiger partial charge on any atom is -0.394 e. The maximum atomic E-state index is 9.04. The van der Waals surface area contributed by atoms with E-state index in [2.05, 4.69) is 0 Å². The van der Waals surface area contributed by atoms with E-state index in [4.69, 9.17) is 31.3 Å². The molecular formula is C6H15NO5. The molecule has 74 valence electrons. The van der Waals surface area contributed by atoms with Crippen molar-refractivity contribution in [2.75, 3.05) is 13.2 Å². The Hall–Kier alpha value is -0.240. The smallest absolute Gasteiger partial charge is 0.111 e. The predicted molar refractivity (Wildman–Crippen MR) is 40.2 cm³/mol. The second-order valence-electron chi connectivity index (χ2n) is 2.53. The van der Waals surface area contributed by atoms with E-state index in [1.165, 1.54) is 0 Å². The predicted octanol–water partition coefficient (Wildman–Crippen LogP) is -3.62. The Morgan fingerprint density at radius 3 is 1.67 bits per heavy atom. The van der Waals surface area contributed by atoms with E-state index in [1.54, 1.807) is 0 Å². The van der Waals surface area contributed by atoms with Crippen molar-refractivity contribution in [2.45, 2.75) is 24.4 Å². The Morgan fingerprint density at radius 2 is 1.33 bits per heavy atom. The van der Waals surface area contributed by atoms with Gasteiger partial charge < -0.3 is 31.3 Å². The van der Waals surface area contributed by atoms with Gasteiger partial charge in [-0.05, 0) is 0 Å². The van der Waals surface area contributed by atoms with E-state index in [0.29, 0.717) is 0 Å². The summed E-state index contributed by atoms with van der Waals surface area (Å²) >= 11 is 0. The quantitative estimate of drug-likeness (QED) is 0.260. The SMILES string of the molecule is NC[C@H](O)[C@@H](O)[C@H](O)C(O)CO. The maximum Gasteiger partial charge on any atom is 0.111 e. The van der Waals surface area contributed by atoms with Gasteiger partial charge in [-0.1, -0.05) is 0 Å². The minimum absolute atomic E-state index is 0.226. The summed E-state index contributed by atoms with van der Waals surface area (Å²) in [7, 11) is 0. The van der Waals surface area contributed by atoms with Crippen LogP contribution in [0.15, 0.2) is 0 Å². The first-order valence-corrected chi connectivity index (χ1v) is 3.57. The zero-order chi connectivity index (χ0) is 9.72. The van der Waals surface area contributed by atoms with Gasteiger partial charge in [0.05, 0.1) is 12.7 Å². The first-order chi connectivity index (χ1) is 5.54. The van der Waals surface area contributed by atoms with Crippen LogP contribution >= 0.6 is 0 Å². The standard InChI is InChI=1S/C6H15NO5/c7-1-3(9)5(11)6(12)4(10)2-8/h3-6,8-12H,1-2,7H2/t3-,4?,5+,6+/m0/s1. The van der Waals surface area contributed by atoms with Gasteiger partial charge >= 0.3 is 0 Å². The normalized spacial score (nSPS) is 21.5. The van der Waals surface area contributed by atoms with E-state index < -0.39 is 31.0 Å². The fourth-order valence-corrected chi connectivity index (χ4v) is 0.703. The Kier molecular flexibility index (Phi) is 5.31. The molecule has 0 aromatic carbocycles. The summed E-state index contributed by atoms with van der Waals surface area (Å²) in [5.74, 6) is 0. The number of rotatable bonds is 5. The molecule has 0 aliphatic rings. The van der Waals surface area contributed by atoms with Gasteiger partial charge in [0.25, 0.3) is 0 Å². The van der Waals surface area contributed by atoms with Gasteiger partial charge in [-0.25, -0.2) is 0 Å². The van der Waals surface area contributed by atoms with Crippen molar-refractivity contribution in [3.63, 3.8) is 0 Å². The molecule has 0 spiro atoms. The molecule has 6 heteroatoms. The van der Waals surface area contributed by atoms with Crippen LogP contribution in [0.5, 0.6) is 0 Å². The molecule has 0 fully saturated rings. The number of aliphatic hydroxyl groups is 5. The Balaban J connectivity index is 3.99. The van der Waals surface area contributed by atoms with Gasteiger partial charge in [0.15, 0.2) is 0 Å². The lowest BCUT2D eigenvalue weighted by Gasteiger charge is -2.24. The van der Waals surface area contributed by atoms with E-state index >= 15 is 0 Å². The first-order valence-electron chi connectivity index (χ1n) is 3.57. The zero-order valence-electron chi connectivity index (χ0n) is 6.54. The largest absolute Gasteiger partial charge is 0.394 e. The monoisotopic (exact) mass is 181 g/mol. The van der Waals surface area contributed by atoms with Crippen LogP contribution in [0, 0.1) is 0 Å². The maximum absolute atomic E-state index is 9.04. The molecule has 0 radical (unpaired) electrons. The number of nitrogens with two attached hydrogens (primary N) is 1. The highest BCUT2D eigenvalue weighted by molar-refractivity contribution is 4.80. The topological polar surface area (TPSA) is 127 Å². The molecular weight excluding hydrogens is 166 g/mol. The molecule has 6 nitrogen and oxygen atoms in total. The summed E-state index contributed by atoms with van der Waals surface area (Å²) in [6, 6.07) is 0. The molecule has 0 aromatic heterocycles. The lowest BCUT2D eigenvalue weighted by molar-refractivity contribution is -0.112. The third kappa shape index (κ3) is 3.02. The van der Waals surface area contributed by atoms with Crippen LogP contribution in [0.3, 0.4) is 0 Å². The minimum atomic E-state index is -1.59. The number of aliphatic hydroxyl groups excluding tert-OH is 5. The van der Waals surface area contributed by atoms with Crippen molar-refractivity contribution in [1.82, 2.24) is 0 Å². The second-order valence-corrected chi connectivity index (χ2v) is 2.53. The Labute approximate surface area is 69.9 Å². The van der Waals surface area contributed by atoms with Crippen molar-refractivity contribution in [3.05, 3.63) is 0 Å². The van der Waals surface area contributed by atoms with Gasteiger partial charge in [-0.3, -0.25) is 0 Å². The lowest BCUT2D eigenvalue weighted by Crippen LogP contribution is -2.48. The molecule has 0 aromatic rings. The summed E-state index contributed by atoms with van der Waals surface area (Å²) in [6.07, 6.45) is -5.91. The number of hydrogen-bond acceptors (Lipinski definition) is 6. The highest BCUT2D eigenvalue weighted by Gasteiger charge is 2.28. The Morgan fingerprint density at radius 1 is 0.917 bits per heavy atom. The molecule has 0 saturated carbocycles. The average molecular weight is 181 g/mol.